The van der Waals surface area contributed by atoms with E-state index < -0.39 is 0 Å². The average molecular weight is 326 g/mol. The van der Waals surface area contributed by atoms with Crippen molar-refractivity contribution in [3.63, 3.8) is 0 Å². The van der Waals surface area contributed by atoms with Crippen LogP contribution < -0.4 is 11.3 Å². The summed E-state index contributed by atoms with van der Waals surface area (Å²) in [6, 6.07) is 8.43. The first-order valence-electron chi connectivity index (χ1n) is 5.81. The number of hydrogen-bond donors (Lipinski definition) is 2. The zero-order valence-electron chi connectivity index (χ0n) is 10.8. The first kappa shape index (κ1) is 15.3. The Labute approximate surface area is 129 Å². The molecular formula is C12H14N4OS3. The number of carbonyl (C=O) groups excluding carboxylic acids is 1. The third-order valence-corrected chi connectivity index (χ3v) is 5.62. The SMILES string of the molecule is Cc1ccc(CSc2nnc(SCC(=O)NN)s2)cc1. The largest absolute Gasteiger partial charge is 0.294 e. The molecule has 106 valence electrons. The van der Waals surface area contributed by atoms with Crippen LogP contribution in [-0.4, -0.2) is 21.9 Å². The highest BCUT2D eigenvalue weighted by atomic mass is 32.2. The van der Waals surface area contributed by atoms with Crippen molar-refractivity contribution in [2.75, 3.05) is 5.75 Å². The quantitative estimate of drug-likeness (QED) is 0.367. The summed E-state index contributed by atoms with van der Waals surface area (Å²) in [6.45, 7) is 2.07. The molecular weight excluding hydrogens is 312 g/mol. The summed E-state index contributed by atoms with van der Waals surface area (Å²) in [5.74, 6) is 5.91. The lowest BCUT2D eigenvalue weighted by Crippen LogP contribution is -2.31. The van der Waals surface area contributed by atoms with Crippen LogP contribution in [0.1, 0.15) is 11.1 Å². The molecule has 8 heteroatoms. The lowest BCUT2D eigenvalue weighted by molar-refractivity contribution is -0.118. The number of aryl methyl sites for hydroxylation is 1. The fourth-order valence-corrected chi connectivity index (χ4v) is 4.10. The monoisotopic (exact) mass is 326 g/mol. The maximum Gasteiger partial charge on any atom is 0.244 e. The lowest BCUT2D eigenvalue weighted by atomic mass is 10.2. The van der Waals surface area contributed by atoms with Crippen LogP contribution in [0.25, 0.3) is 0 Å². The standard InChI is InChI=1S/C12H14N4OS3/c1-8-2-4-9(5-3-8)6-18-11-15-16-12(20-11)19-7-10(17)14-13/h2-5H,6-7,13H2,1H3,(H,14,17). The van der Waals surface area contributed by atoms with Gasteiger partial charge in [-0.25, -0.2) is 5.84 Å². The van der Waals surface area contributed by atoms with E-state index in [1.807, 2.05) is 0 Å². The van der Waals surface area contributed by atoms with E-state index in [1.54, 1.807) is 11.8 Å². The summed E-state index contributed by atoms with van der Waals surface area (Å²) in [6.07, 6.45) is 0. The number of nitrogens with two attached hydrogens (primary N) is 1. The number of aromatic nitrogens is 2. The Hall–Kier alpha value is -1.09. The van der Waals surface area contributed by atoms with Crippen molar-refractivity contribution in [1.29, 1.82) is 0 Å². The van der Waals surface area contributed by atoms with E-state index in [0.717, 1.165) is 14.4 Å². The van der Waals surface area contributed by atoms with E-state index in [0.29, 0.717) is 0 Å². The second-order valence-corrected chi connectivity index (χ2v) is 7.39. The average Bonchev–Trinajstić information content (AvgIpc) is 2.92. The Morgan fingerprint density at radius 2 is 1.90 bits per heavy atom. The van der Waals surface area contributed by atoms with Gasteiger partial charge in [-0.1, -0.05) is 64.7 Å². The molecule has 0 radical (unpaired) electrons. The van der Waals surface area contributed by atoms with Gasteiger partial charge in [0.15, 0.2) is 8.68 Å². The van der Waals surface area contributed by atoms with Gasteiger partial charge in [-0.05, 0) is 12.5 Å². The Balaban J connectivity index is 1.83. The van der Waals surface area contributed by atoms with Crippen LogP contribution in [0.5, 0.6) is 0 Å². The smallest absolute Gasteiger partial charge is 0.244 e. The Morgan fingerprint density at radius 3 is 2.55 bits per heavy atom. The number of carbonyl (C=O) groups is 1. The van der Waals surface area contributed by atoms with Gasteiger partial charge < -0.3 is 0 Å². The lowest BCUT2D eigenvalue weighted by Gasteiger charge is -1.99. The van der Waals surface area contributed by atoms with Gasteiger partial charge >= 0.3 is 0 Å². The molecule has 2 rings (SSSR count). The van der Waals surface area contributed by atoms with Gasteiger partial charge in [-0.2, -0.15) is 0 Å². The highest BCUT2D eigenvalue weighted by molar-refractivity contribution is 8.03. The van der Waals surface area contributed by atoms with Crippen molar-refractivity contribution in [2.45, 2.75) is 21.4 Å². The summed E-state index contributed by atoms with van der Waals surface area (Å²) >= 11 is 4.47. The Bertz CT molecular complexity index is 570. The van der Waals surface area contributed by atoms with Crippen molar-refractivity contribution >= 4 is 40.8 Å². The van der Waals surface area contributed by atoms with Crippen molar-refractivity contribution in [3.8, 4) is 0 Å². The molecule has 1 aromatic heterocycles. The van der Waals surface area contributed by atoms with Crippen LogP contribution in [0, 0.1) is 6.92 Å². The van der Waals surface area contributed by atoms with E-state index in [4.69, 9.17) is 5.84 Å². The maximum absolute atomic E-state index is 11.0. The molecule has 0 unspecified atom stereocenters. The molecule has 2 aromatic rings. The first-order valence-corrected chi connectivity index (χ1v) is 8.60. The molecule has 5 nitrogen and oxygen atoms in total. The van der Waals surface area contributed by atoms with Crippen molar-refractivity contribution in [1.82, 2.24) is 15.6 Å². The summed E-state index contributed by atoms with van der Waals surface area (Å²) in [4.78, 5) is 11.0. The normalized spacial score (nSPS) is 10.5. The zero-order chi connectivity index (χ0) is 14.4. The maximum atomic E-state index is 11.0. The number of nitrogens with one attached hydrogen (secondary N) is 1. The van der Waals surface area contributed by atoms with Crippen LogP contribution in [-0.2, 0) is 10.5 Å². The molecule has 0 aliphatic rings. The molecule has 0 spiro atoms. The minimum absolute atomic E-state index is 0.223. The highest BCUT2D eigenvalue weighted by Crippen LogP contribution is 2.30. The van der Waals surface area contributed by atoms with Crippen LogP contribution in [0.3, 0.4) is 0 Å². The molecule has 0 aliphatic heterocycles. The van der Waals surface area contributed by atoms with Gasteiger partial charge in [0.25, 0.3) is 0 Å². The van der Waals surface area contributed by atoms with Gasteiger partial charge in [0.1, 0.15) is 0 Å². The minimum atomic E-state index is -0.223. The fraction of sp³-hybridized carbons (Fsp3) is 0.250. The van der Waals surface area contributed by atoms with Crippen molar-refractivity contribution < 1.29 is 4.79 Å². The number of thioether (sulfide) groups is 2. The van der Waals surface area contributed by atoms with Crippen molar-refractivity contribution in [3.05, 3.63) is 35.4 Å². The minimum Gasteiger partial charge on any atom is -0.294 e. The topological polar surface area (TPSA) is 80.9 Å². The first-order chi connectivity index (χ1) is 9.67. The van der Waals surface area contributed by atoms with Crippen molar-refractivity contribution in [2.24, 2.45) is 5.84 Å². The van der Waals surface area contributed by atoms with E-state index in [-0.39, 0.29) is 11.7 Å². The van der Waals surface area contributed by atoms with Gasteiger partial charge in [0.05, 0.1) is 5.75 Å². The number of rotatable bonds is 6. The predicted molar refractivity (Wildman–Crippen MR) is 83.7 cm³/mol. The predicted octanol–water partition coefficient (Wildman–Crippen LogP) is 2.22. The molecule has 1 heterocycles. The third kappa shape index (κ3) is 4.78. The van der Waals surface area contributed by atoms with Gasteiger partial charge in [-0.15, -0.1) is 10.2 Å². The van der Waals surface area contributed by atoms with Crippen LogP contribution in [0.4, 0.5) is 0 Å². The Morgan fingerprint density at radius 1 is 1.25 bits per heavy atom. The number of amides is 1. The molecule has 1 amide bonds. The molecule has 20 heavy (non-hydrogen) atoms. The van der Waals surface area contributed by atoms with E-state index >= 15 is 0 Å². The second-order valence-electron chi connectivity index (χ2n) is 3.96. The summed E-state index contributed by atoms with van der Waals surface area (Å²) in [7, 11) is 0. The van der Waals surface area contributed by atoms with Gasteiger partial charge in [0.2, 0.25) is 5.91 Å². The van der Waals surface area contributed by atoms with E-state index in [2.05, 4.69) is 46.8 Å². The van der Waals surface area contributed by atoms with E-state index in [9.17, 15) is 4.79 Å². The molecule has 0 bridgehead atoms. The molecule has 3 N–H and O–H groups in total. The third-order valence-electron chi connectivity index (χ3n) is 2.36. The summed E-state index contributed by atoms with van der Waals surface area (Å²) < 4.78 is 1.68. The fourth-order valence-electron chi connectivity index (χ4n) is 1.31. The summed E-state index contributed by atoms with van der Waals surface area (Å²) in [5, 5.41) is 8.14. The van der Waals surface area contributed by atoms with E-state index in [1.165, 1.54) is 34.2 Å². The molecule has 0 aliphatic carbocycles. The zero-order valence-corrected chi connectivity index (χ0v) is 13.3. The Kier molecular flexibility index (Phi) is 5.84. The van der Waals surface area contributed by atoms with Crippen LogP contribution >= 0.6 is 34.9 Å². The number of nitrogens with zero attached hydrogens (tertiary/aromatic N) is 2. The number of hydrazine groups is 1. The van der Waals surface area contributed by atoms with Gasteiger partial charge in [-0.3, -0.25) is 10.2 Å². The molecule has 0 fully saturated rings. The van der Waals surface area contributed by atoms with Gasteiger partial charge in [0, 0.05) is 5.75 Å². The molecule has 0 saturated heterocycles. The number of benzene rings is 1. The number of hydrogen-bond acceptors (Lipinski definition) is 7. The van der Waals surface area contributed by atoms with Crippen LogP contribution in [0.2, 0.25) is 0 Å². The highest BCUT2D eigenvalue weighted by Gasteiger charge is 2.08. The van der Waals surface area contributed by atoms with Crippen LogP contribution in [0.15, 0.2) is 32.9 Å². The molecule has 0 atom stereocenters. The second kappa shape index (κ2) is 7.63. The molecule has 0 saturated carbocycles. The molecule has 1 aromatic carbocycles. The summed E-state index contributed by atoms with van der Waals surface area (Å²) in [5.41, 5.74) is 4.60.